The summed E-state index contributed by atoms with van der Waals surface area (Å²) < 4.78 is 0. The molecule has 0 atom stereocenters. The van der Waals surface area contributed by atoms with Crippen molar-refractivity contribution in [3.8, 4) is 12.8 Å². The lowest BCUT2D eigenvalue weighted by molar-refractivity contribution is 0.936. The molecule has 1 aromatic rings. The Morgan fingerprint density at radius 2 is 1.94 bits per heavy atom. The standard InChI is InChI=1S/C15H19N.C2H2/c1-3-4-8-14-12(2)10-11-13-7-5-6-9-15(13)16-14;1-2/h3-7,9,16H,8,10-11H2,1-2H3;1-2H/b4-3-;. The average Bonchev–Trinajstić information content (AvgIpc) is 2.59. The molecule has 1 aromatic carbocycles. The summed E-state index contributed by atoms with van der Waals surface area (Å²) in [5.74, 6) is 0. The van der Waals surface area contributed by atoms with Gasteiger partial charge in [-0.3, -0.25) is 0 Å². The Morgan fingerprint density at radius 3 is 2.67 bits per heavy atom. The van der Waals surface area contributed by atoms with Crippen LogP contribution in [-0.4, -0.2) is 0 Å². The summed E-state index contributed by atoms with van der Waals surface area (Å²) in [6.07, 6.45) is 15.6. The number of aryl methyl sites for hydroxylation is 1. The second-order valence-electron chi connectivity index (χ2n) is 4.31. The van der Waals surface area contributed by atoms with Crippen molar-refractivity contribution in [2.75, 3.05) is 5.32 Å². The normalized spacial score (nSPS) is 14.2. The second-order valence-corrected chi connectivity index (χ2v) is 4.31. The highest BCUT2D eigenvalue weighted by Gasteiger charge is 2.10. The molecule has 0 bridgehead atoms. The van der Waals surface area contributed by atoms with E-state index in [-0.39, 0.29) is 0 Å². The zero-order chi connectivity index (χ0) is 13.4. The highest BCUT2D eigenvalue weighted by Crippen LogP contribution is 2.27. The molecular weight excluding hydrogens is 218 g/mol. The smallest absolute Gasteiger partial charge is 0.0414 e. The number of hydrogen-bond acceptors (Lipinski definition) is 1. The number of benzene rings is 1. The molecule has 1 nitrogen and oxygen atoms in total. The minimum atomic E-state index is 1.01. The molecule has 0 aliphatic carbocycles. The maximum Gasteiger partial charge on any atom is 0.0414 e. The highest BCUT2D eigenvalue weighted by molar-refractivity contribution is 5.57. The molecule has 94 valence electrons. The average molecular weight is 239 g/mol. The van der Waals surface area contributed by atoms with Gasteiger partial charge in [0.25, 0.3) is 0 Å². The van der Waals surface area contributed by atoms with Crippen LogP contribution in [0.1, 0.15) is 32.3 Å². The summed E-state index contributed by atoms with van der Waals surface area (Å²) in [5.41, 5.74) is 5.55. The molecule has 1 heterocycles. The lowest BCUT2D eigenvalue weighted by atomic mass is 10.1. The van der Waals surface area contributed by atoms with Crippen molar-refractivity contribution in [3.63, 3.8) is 0 Å². The fourth-order valence-corrected chi connectivity index (χ4v) is 2.06. The molecule has 0 radical (unpaired) electrons. The van der Waals surface area contributed by atoms with Gasteiger partial charge in [-0.05, 0) is 38.3 Å². The molecule has 0 aromatic heterocycles. The van der Waals surface area contributed by atoms with E-state index in [1.807, 2.05) is 0 Å². The van der Waals surface area contributed by atoms with Crippen LogP contribution in [0.15, 0.2) is 47.7 Å². The lowest BCUT2D eigenvalue weighted by Gasteiger charge is -2.11. The molecule has 0 fully saturated rings. The summed E-state index contributed by atoms with van der Waals surface area (Å²) in [6, 6.07) is 8.60. The predicted octanol–water partition coefficient (Wildman–Crippen LogP) is 4.53. The monoisotopic (exact) mass is 239 g/mol. The molecule has 0 saturated heterocycles. The van der Waals surface area contributed by atoms with Gasteiger partial charge in [-0.25, -0.2) is 0 Å². The van der Waals surface area contributed by atoms with Crippen LogP contribution in [0.25, 0.3) is 0 Å². The van der Waals surface area contributed by atoms with Crippen molar-refractivity contribution in [1.82, 2.24) is 0 Å². The van der Waals surface area contributed by atoms with Crippen LogP contribution < -0.4 is 5.32 Å². The minimum Gasteiger partial charge on any atom is -0.358 e. The number of terminal acetylenes is 1. The van der Waals surface area contributed by atoms with Crippen molar-refractivity contribution in [2.24, 2.45) is 0 Å². The molecule has 2 rings (SSSR count). The Morgan fingerprint density at radius 1 is 1.22 bits per heavy atom. The third kappa shape index (κ3) is 3.53. The van der Waals surface area contributed by atoms with E-state index in [2.05, 4.69) is 68.4 Å². The van der Waals surface area contributed by atoms with Gasteiger partial charge >= 0.3 is 0 Å². The number of fused-ring (bicyclic) bond motifs is 1. The van der Waals surface area contributed by atoms with E-state index < -0.39 is 0 Å². The molecule has 0 spiro atoms. The van der Waals surface area contributed by atoms with Gasteiger partial charge in [-0.2, -0.15) is 0 Å². The van der Waals surface area contributed by atoms with Crippen LogP contribution in [0.3, 0.4) is 0 Å². The largest absolute Gasteiger partial charge is 0.358 e. The van der Waals surface area contributed by atoms with E-state index in [1.54, 1.807) is 0 Å². The van der Waals surface area contributed by atoms with Crippen molar-refractivity contribution >= 4 is 5.69 Å². The van der Waals surface area contributed by atoms with Crippen LogP contribution in [0.4, 0.5) is 5.69 Å². The molecule has 0 amide bonds. The van der Waals surface area contributed by atoms with Crippen LogP contribution in [0.5, 0.6) is 0 Å². The highest BCUT2D eigenvalue weighted by atomic mass is 14.9. The molecule has 0 saturated carbocycles. The zero-order valence-electron chi connectivity index (χ0n) is 11.2. The van der Waals surface area contributed by atoms with Crippen LogP contribution >= 0.6 is 0 Å². The molecule has 1 heteroatoms. The first-order valence-corrected chi connectivity index (χ1v) is 6.29. The Balaban J connectivity index is 0.000000771. The van der Waals surface area contributed by atoms with Crippen molar-refractivity contribution in [3.05, 3.63) is 53.3 Å². The van der Waals surface area contributed by atoms with Gasteiger partial charge in [0.05, 0.1) is 0 Å². The number of para-hydroxylation sites is 1. The Kier molecular flexibility index (Phi) is 5.80. The number of allylic oxidation sites excluding steroid dienone is 3. The Hall–Kier alpha value is -1.94. The van der Waals surface area contributed by atoms with E-state index in [9.17, 15) is 0 Å². The van der Waals surface area contributed by atoms with Gasteiger partial charge in [0.1, 0.15) is 0 Å². The third-order valence-corrected chi connectivity index (χ3v) is 3.15. The molecule has 0 unspecified atom stereocenters. The molecule has 18 heavy (non-hydrogen) atoms. The van der Waals surface area contributed by atoms with E-state index in [4.69, 9.17) is 0 Å². The quantitative estimate of drug-likeness (QED) is 0.590. The van der Waals surface area contributed by atoms with Gasteiger partial charge in [-0.1, -0.05) is 35.9 Å². The van der Waals surface area contributed by atoms with Gasteiger partial charge < -0.3 is 5.32 Å². The van der Waals surface area contributed by atoms with Gasteiger partial charge in [0.15, 0.2) is 0 Å². The summed E-state index contributed by atoms with van der Waals surface area (Å²) in [6.45, 7) is 4.30. The first kappa shape index (κ1) is 14.1. The first-order valence-electron chi connectivity index (χ1n) is 6.29. The molecule has 1 N–H and O–H groups in total. The Bertz CT molecular complexity index is 463. The summed E-state index contributed by atoms with van der Waals surface area (Å²) in [4.78, 5) is 0. The maximum absolute atomic E-state index is 4.00. The summed E-state index contributed by atoms with van der Waals surface area (Å²) >= 11 is 0. The second kappa shape index (κ2) is 7.40. The molecular formula is C17H21N. The zero-order valence-corrected chi connectivity index (χ0v) is 11.2. The third-order valence-electron chi connectivity index (χ3n) is 3.15. The number of anilines is 1. The molecule has 1 aliphatic rings. The van der Waals surface area contributed by atoms with Gasteiger partial charge in [0, 0.05) is 17.8 Å². The number of rotatable bonds is 2. The molecule has 1 aliphatic heterocycles. The van der Waals surface area contributed by atoms with Crippen LogP contribution in [-0.2, 0) is 6.42 Å². The number of nitrogens with one attached hydrogen (secondary N) is 1. The van der Waals surface area contributed by atoms with Crippen molar-refractivity contribution in [1.29, 1.82) is 0 Å². The van der Waals surface area contributed by atoms with E-state index in [0.717, 1.165) is 19.3 Å². The van der Waals surface area contributed by atoms with Crippen LogP contribution in [0.2, 0.25) is 0 Å². The summed E-state index contributed by atoms with van der Waals surface area (Å²) in [5, 5.41) is 3.57. The van der Waals surface area contributed by atoms with E-state index >= 15 is 0 Å². The van der Waals surface area contributed by atoms with Gasteiger partial charge in [0.2, 0.25) is 0 Å². The Labute approximate surface area is 111 Å². The maximum atomic E-state index is 4.00. The van der Waals surface area contributed by atoms with Crippen LogP contribution in [0, 0.1) is 12.8 Å². The minimum absolute atomic E-state index is 1.01. The first-order chi connectivity index (χ1) is 8.81. The summed E-state index contributed by atoms with van der Waals surface area (Å²) in [7, 11) is 0. The number of hydrogen-bond donors (Lipinski definition) is 1. The topological polar surface area (TPSA) is 12.0 Å². The van der Waals surface area contributed by atoms with Gasteiger partial charge in [-0.15, -0.1) is 12.8 Å². The fourth-order valence-electron chi connectivity index (χ4n) is 2.06. The predicted molar refractivity (Wildman–Crippen MR) is 80.4 cm³/mol. The SMILES string of the molecule is C#C.C/C=C\CC1=C(C)CCc2ccccc2N1. The lowest BCUT2D eigenvalue weighted by Crippen LogP contribution is -2.00. The van der Waals surface area contributed by atoms with Crippen molar-refractivity contribution in [2.45, 2.75) is 33.1 Å². The van der Waals surface area contributed by atoms with Crippen molar-refractivity contribution < 1.29 is 0 Å². The fraction of sp³-hybridized carbons (Fsp3) is 0.294. The van der Waals surface area contributed by atoms with E-state index in [0.29, 0.717) is 0 Å². The van der Waals surface area contributed by atoms with E-state index in [1.165, 1.54) is 22.5 Å².